The summed E-state index contributed by atoms with van der Waals surface area (Å²) < 4.78 is 10.8. The molecule has 1 aromatic carbocycles. The minimum Gasteiger partial charge on any atom is -0.506 e. The van der Waals surface area contributed by atoms with Crippen molar-refractivity contribution < 1.29 is 33.8 Å². The number of hydrogen-bond acceptors (Lipinski definition) is 10. The van der Waals surface area contributed by atoms with E-state index in [2.05, 4.69) is 26.0 Å². The number of aromatic hydroxyl groups is 1. The Morgan fingerprint density at radius 1 is 1.21 bits per heavy atom. The number of nitrogens with one attached hydrogen (secondary N) is 2. The molecule has 0 bridgehead atoms. The third-order valence-corrected chi connectivity index (χ3v) is 8.85. The van der Waals surface area contributed by atoms with E-state index in [4.69, 9.17) is 21.1 Å². The van der Waals surface area contributed by atoms with Crippen LogP contribution in [-0.4, -0.2) is 90.5 Å². The maximum atomic E-state index is 14.3. The number of benzene rings is 1. The second-order valence-corrected chi connectivity index (χ2v) is 13.7. The molecule has 1 aromatic heterocycles. The van der Waals surface area contributed by atoms with E-state index in [0.29, 0.717) is 24.8 Å². The zero-order valence-corrected chi connectivity index (χ0v) is 27.8. The normalized spacial score (nSPS) is 27.4. The molecule has 5 atom stereocenters. The van der Waals surface area contributed by atoms with Crippen molar-refractivity contribution in [1.29, 1.82) is 0 Å². The molecule has 2 fully saturated rings. The van der Waals surface area contributed by atoms with Gasteiger partial charge in [0.1, 0.15) is 29.0 Å². The van der Waals surface area contributed by atoms with Gasteiger partial charge in [0, 0.05) is 24.4 Å². The number of amides is 3. The SMILES string of the molecule is CCOC(=O)[C@@]12CC1/C=C\CCCCC[C@H](NC(=O)OC(C)(C)C)C(=O)N1CC(n3nnc(-c4ccc(O)c(Cl)c4)n3)C[C@H]1C(=O)N2. The first-order chi connectivity index (χ1) is 22.3. The Kier molecular flexibility index (Phi) is 10.1. The highest BCUT2D eigenvalue weighted by atomic mass is 35.5. The predicted octanol–water partition coefficient (Wildman–Crippen LogP) is 3.69. The van der Waals surface area contributed by atoms with Crippen LogP contribution < -0.4 is 10.6 Å². The lowest BCUT2D eigenvalue weighted by Crippen LogP contribution is -2.56. The molecule has 15 heteroatoms. The highest BCUT2D eigenvalue weighted by molar-refractivity contribution is 6.32. The van der Waals surface area contributed by atoms with Crippen LogP contribution in [-0.2, 0) is 23.9 Å². The smallest absolute Gasteiger partial charge is 0.408 e. The quantitative estimate of drug-likeness (QED) is 0.314. The van der Waals surface area contributed by atoms with Gasteiger partial charge in [-0.15, -0.1) is 10.2 Å². The first kappa shape index (κ1) is 34.1. The van der Waals surface area contributed by atoms with Crippen molar-refractivity contribution >= 4 is 35.5 Å². The third-order valence-electron chi connectivity index (χ3n) is 8.55. The first-order valence-corrected chi connectivity index (χ1v) is 16.4. The zero-order valence-electron chi connectivity index (χ0n) is 27.1. The van der Waals surface area contributed by atoms with E-state index < -0.39 is 53.1 Å². The number of rotatable bonds is 5. The molecule has 47 heavy (non-hydrogen) atoms. The fourth-order valence-electron chi connectivity index (χ4n) is 6.08. The van der Waals surface area contributed by atoms with Crippen molar-refractivity contribution in [3.05, 3.63) is 35.4 Å². The fourth-order valence-corrected chi connectivity index (χ4v) is 6.26. The van der Waals surface area contributed by atoms with Crippen LogP contribution in [0.5, 0.6) is 5.75 Å². The van der Waals surface area contributed by atoms with Crippen molar-refractivity contribution in [2.45, 2.75) is 102 Å². The number of tetrazole rings is 1. The maximum Gasteiger partial charge on any atom is 0.408 e. The van der Waals surface area contributed by atoms with Gasteiger partial charge >= 0.3 is 12.1 Å². The van der Waals surface area contributed by atoms with Crippen LogP contribution in [0.2, 0.25) is 5.02 Å². The first-order valence-electron chi connectivity index (χ1n) is 16.1. The number of halogens is 1. The Balaban J connectivity index is 1.46. The van der Waals surface area contributed by atoms with Crippen LogP contribution in [0.3, 0.4) is 0 Å². The van der Waals surface area contributed by atoms with E-state index in [1.165, 1.54) is 21.8 Å². The van der Waals surface area contributed by atoms with Crippen LogP contribution in [0.1, 0.15) is 78.7 Å². The van der Waals surface area contributed by atoms with E-state index in [-0.39, 0.29) is 42.1 Å². The number of nitrogens with zero attached hydrogens (tertiary/aromatic N) is 5. The number of fused-ring (bicyclic) bond motifs is 2. The molecule has 5 rings (SSSR count). The number of aromatic nitrogens is 4. The summed E-state index contributed by atoms with van der Waals surface area (Å²) in [5, 5.41) is 28.4. The van der Waals surface area contributed by atoms with E-state index in [1.54, 1.807) is 33.8 Å². The summed E-state index contributed by atoms with van der Waals surface area (Å²) in [6.07, 6.45) is 7.23. The molecule has 2 aliphatic heterocycles. The summed E-state index contributed by atoms with van der Waals surface area (Å²) in [6.45, 7) is 7.12. The van der Waals surface area contributed by atoms with Crippen LogP contribution in [0.25, 0.3) is 11.4 Å². The van der Waals surface area contributed by atoms with Crippen LogP contribution in [0.4, 0.5) is 4.79 Å². The van der Waals surface area contributed by atoms with E-state index >= 15 is 0 Å². The lowest BCUT2D eigenvalue weighted by atomic mass is 10.0. The average Bonchev–Trinajstić information content (AvgIpc) is 3.32. The Hall–Kier alpha value is -4.20. The Labute approximate surface area is 278 Å². The number of phenolic OH excluding ortho intramolecular Hbond substituents is 1. The van der Waals surface area contributed by atoms with Gasteiger partial charge in [-0.2, -0.15) is 4.80 Å². The molecule has 254 valence electrons. The van der Waals surface area contributed by atoms with Crippen molar-refractivity contribution in [2.75, 3.05) is 13.2 Å². The topological polar surface area (TPSA) is 178 Å². The highest BCUT2D eigenvalue weighted by Crippen LogP contribution is 2.46. The van der Waals surface area contributed by atoms with Gasteiger partial charge in [0.05, 0.1) is 17.7 Å². The molecule has 3 heterocycles. The predicted molar refractivity (Wildman–Crippen MR) is 170 cm³/mol. The van der Waals surface area contributed by atoms with Crippen molar-refractivity contribution in [2.24, 2.45) is 5.92 Å². The second kappa shape index (κ2) is 13.9. The number of alkyl carbamates (subject to hydrolysis) is 1. The molecule has 2 aromatic rings. The van der Waals surface area contributed by atoms with Gasteiger partial charge in [0.15, 0.2) is 0 Å². The summed E-state index contributed by atoms with van der Waals surface area (Å²) in [4.78, 5) is 57.1. The Morgan fingerprint density at radius 3 is 2.72 bits per heavy atom. The number of phenols is 1. The zero-order chi connectivity index (χ0) is 33.9. The second-order valence-electron chi connectivity index (χ2n) is 13.3. The van der Waals surface area contributed by atoms with Crippen LogP contribution in [0, 0.1) is 5.92 Å². The van der Waals surface area contributed by atoms with Crippen molar-refractivity contribution in [3.63, 3.8) is 0 Å². The van der Waals surface area contributed by atoms with Gasteiger partial charge < -0.3 is 30.1 Å². The molecule has 3 amide bonds. The third kappa shape index (κ3) is 7.86. The lowest BCUT2D eigenvalue weighted by Gasteiger charge is -2.30. The van der Waals surface area contributed by atoms with E-state index in [0.717, 1.165) is 19.3 Å². The number of ether oxygens (including phenoxy) is 2. The minimum absolute atomic E-state index is 0.0469. The highest BCUT2D eigenvalue weighted by Gasteiger charge is 2.62. The maximum absolute atomic E-state index is 14.3. The molecule has 0 radical (unpaired) electrons. The van der Waals surface area contributed by atoms with Gasteiger partial charge in [0.2, 0.25) is 17.6 Å². The van der Waals surface area contributed by atoms with Crippen LogP contribution in [0.15, 0.2) is 30.4 Å². The Bertz CT molecular complexity index is 1540. The summed E-state index contributed by atoms with van der Waals surface area (Å²) >= 11 is 6.08. The molecule has 14 nitrogen and oxygen atoms in total. The number of esters is 1. The molecular formula is C32H42ClN7O7. The van der Waals surface area contributed by atoms with Gasteiger partial charge in [-0.1, -0.05) is 36.6 Å². The standard InChI is InChI=1S/C32H42ClN7O7/c1-5-46-29(44)32-17-20(32)11-9-7-6-8-10-12-23(34-30(45)47-31(2,3)4)28(43)39-18-21(16-24(39)27(42)35-32)40-37-26(36-38-40)19-13-14-25(41)22(33)15-19/h9,11,13-15,20-21,23-24,41H,5-8,10,12,16-18H2,1-4H3,(H,34,45)(H,35,42)/b11-9-/t20?,21?,23-,24-,32+/m0/s1. The van der Waals surface area contributed by atoms with Gasteiger partial charge in [-0.25, -0.2) is 9.59 Å². The molecule has 2 unspecified atom stereocenters. The summed E-state index contributed by atoms with van der Waals surface area (Å²) in [6, 6.07) is 2.01. The molecule has 1 aliphatic carbocycles. The molecule has 0 spiro atoms. The van der Waals surface area contributed by atoms with Gasteiger partial charge in [0.25, 0.3) is 0 Å². The summed E-state index contributed by atoms with van der Waals surface area (Å²) in [5.74, 6) is -1.55. The number of allylic oxidation sites excluding steroid dienone is 1. The Morgan fingerprint density at radius 2 is 2.00 bits per heavy atom. The van der Waals surface area contributed by atoms with Crippen LogP contribution >= 0.6 is 11.6 Å². The number of hydrogen-bond donors (Lipinski definition) is 3. The molecule has 1 saturated heterocycles. The van der Waals surface area contributed by atoms with Gasteiger partial charge in [-0.05, 0) is 76.8 Å². The van der Waals surface area contributed by atoms with E-state index in [1.807, 2.05) is 12.2 Å². The number of carbonyl (C=O) groups excluding carboxylic acids is 4. The lowest BCUT2D eigenvalue weighted by molar-refractivity contribution is -0.150. The summed E-state index contributed by atoms with van der Waals surface area (Å²) in [5.41, 5.74) is -1.48. The molecular weight excluding hydrogens is 630 g/mol. The summed E-state index contributed by atoms with van der Waals surface area (Å²) in [7, 11) is 0. The molecule has 3 aliphatic rings. The van der Waals surface area contributed by atoms with Crippen molar-refractivity contribution in [1.82, 2.24) is 35.7 Å². The molecule has 3 N–H and O–H groups in total. The number of carbonyl (C=O) groups is 4. The average molecular weight is 672 g/mol. The van der Waals surface area contributed by atoms with Crippen molar-refractivity contribution in [3.8, 4) is 17.1 Å². The minimum atomic E-state index is -1.22. The monoisotopic (exact) mass is 671 g/mol. The molecule has 1 saturated carbocycles. The van der Waals surface area contributed by atoms with E-state index in [9.17, 15) is 24.3 Å². The largest absolute Gasteiger partial charge is 0.506 e. The fraction of sp³-hybridized carbons (Fsp3) is 0.594. The van der Waals surface area contributed by atoms with Gasteiger partial charge in [-0.3, -0.25) is 9.59 Å².